The normalized spacial score (nSPS) is 14.9. The van der Waals surface area contributed by atoms with Crippen LogP contribution in [0.4, 0.5) is 30.9 Å². The number of nitrogens with one attached hydrogen (secondary N) is 1. The Labute approximate surface area is 201 Å². The summed E-state index contributed by atoms with van der Waals surface area (Å²) < 4.78 is 35.2. The van der Waals surface area contributed by atoms with Gasteiger partial charge in [0.1, 0.15) is 12.3 Å². The van der Waals surface area contributed by atoms with Crippen molar-refractivity contribution in [3.8, 4) is 17.0 Å². The number of amides is 1. The summed E-state index contributed by atoms with van der Waals surface area (Å²) in [4.78, 5) is 23.1. The third-order valence-corrected chi connectivity index (χ3v) is 6.30. The molecule has 0 saturated carbocycles. The number of halogens is 2. The van der Waals surface area contributed by atoms with E-state index in [-0.39, 0.29) is 29.0 Å². The van der Waals surface area contributed by atoms with Crippen molar-refractivity contribution < 1.29 is 23.4 Å². The first kappa shape index (κ1) is 22.8. The molecule has 35 heavy (non-hydrogen) atoms. The smallest absolute Gasteiger partial charge is 0.407 e. The Morgan fingerprint density at radius 1 is 1.14 bits per heavy atom. The highest BCUT2D eigenvalue weighted by atomic mass is 19.1. The predicted molar refractivity (Wildman–Crippen MR) is 127 cm³/mol. The van der Waals surface area contributed by atoms with Crippen LogP contribution >= 0.6 is 0 Å². The van der Waals surface area contributed by atoms with Crippen molar-refractivity contribution in [2.75, 3.05) is 29.9 Å². The van der Waals surface area contributed by atoms with Crippen molar-refractivity contribution in [3.63, 3.8) is 0 Å². The zero-order valence-corrected chi connectivity index (χ0v) is 19.4. The van der Waals surface area contributed by atoms with Gasteiger partial charge in [0.15, 0.2) is 17.4 Å². The van der Waals surface area contributed by atoms with E-state index in [1.54, 1.807) is 6.07 Å². The maximum absolute atomic E-state index is 14.9. The van der Waals surface area contributed by atoms with Crippen molar-refractivity contribution in [1.82, 2.24) is 14.9 Å². The number of carbonyl (C=O) groups is 1. The number of hydrogen-bond acceptors (Lipinski definition) is 6. The fourth-order valence-corrected chi connectivity index (χ4v) is 4.53. The first-order valence-corrected chi connectivity index (χ1v) is 11.4. The lowest BCUT2D eigenvalue weighted by atomic mass is 9.99. The second-order valence-electron chi connectivity index (χ2n) is 8.89. The molecule has 2 N–H and O–H groups in total. The zero-order chi connectivity index (χ0) is 24.7. The van der Waals surface area contributed by atoms with Gasteiger partial charge in [0, 0.05) is 30.4 Å². The van der Waals surface area contributed by atoms with Crippen LogP contribution in [0.5, 0.6) is 5.75 Å². The van der Waals surface area contributed by atoms with E-state index in [0.29, 0.717) is 44.0 Å². The molecule has 1 aromatic heterocycles. The molecule has 2 aliphatic rings. The van der Waals surface area contributed by atoms with Gasteiger partial charge in [-0.2, -0.15) is 0 Å². The summed E-state index contributed by atoms with van der Waals surface area (Å²) in [7, 11) is 0. The third-order valence-electron chi connectivity index (χ3n) is 6.30. The van der Waals surface area contributed by atoms with Gasteiger partial charge in [-0.15, -0.1) is 0 Å². The Bertz CT molecular complexity index is 1300. The molecule has 10 heteroatoms. The van der Waals surface area contributed by atoms with Gasteiger partial charge in [0.25, 0.3) is 0 Å². The van der Waals surface area contributed by atoms with Gasteiger partial charge >= 0.3 is 6.09 Å². The molecule has 0 atom stereocenters. The van der Waals surface area contributed by atoms with Gasteiger partial charge in [-0.25, -0.2) is 23.5 Å². The minimum Gasteiger partial charge on any atom is -0.486 e. The molecule has 0 spiro atoms. The summed E-state index contributed by atoms with van der Waals surface area (Å²) in [5, 5.41) is 12.3. The van der Waals surface area contributed by atoms with Crippen LogP contribution in [0.2, 0.25) is 0 Å². The van der Waals surface area contributed by atoms with E-state index in [0.717, 1.165) is 17.3 Å². The van der Waals surface area contributed by atoms with Crippen molar-refractivity contribution in [3.05, 3.63) is 59.3 Å². The molecule has 5 rings (SSSR count). The molecular formula is C25H25F2N5O3. The van der Waals surface area contributed by atoms with Gasteiger partial charge in [0.05, 0.1) is 18.4 Å². The average Bonchev–Trinajstić information content (AvgIpc) is 2.84. The summed E-state index contributed by atoms with van der Waals surface area (Å²) in [6.07, 6.45) is 0.725. The van der Waals surface area contributed by atoms with Crippen molar-refractivity contribution >= 4 is 23.4 Å². The molecule has 0 radical (unpaired) electrons. The first-order chi connectivity index (χ1) is 16.8. The predicted octanol–water partition coefficient (Wildman–Crippen LogP) is 4.81. The summed E-state index contributed by atoms with van der Waals surface area (Å²) in [6.45, 7) is 5.73. The second-order valence-corrected chi connectivity index (χ2v) is 8.89. The molecular weight excluding hydrogens is 456 g/mol. The SMILES string of the molecule is CC(C)N1CCOc2c(F)cc(-c3nc(Nc4ccc5c(c4)CN(C(=O)O)CC5)ncc3F)cc21. The van der Waals surface area contributed by atoms with E-state index in [2.05, 4.69) is 15.3 Å². The summed E-state index contributed by atoms with van der Waals surface area (Å²) in [5.41, 5.74) is 3.42. The fourth-order valence-electron chi connectivity index (χ4n) is 4.53. The van der Waals surface area contributed by atoms with Crippen molar-refractivity contribution in [2.45, 2.75) is 32.9 Å². The Morgan fingerprint density at radius 3 is 2.74 bits per heavy atom. The number of fused-ring (bicyclic) bond motifs is 2. The monoisotopic (exact) mass is 481 g/mol. The molecule has 2 aliphatic heterocycles. The van der Waals surface area contributed by atoms with Gasteiger partial charge in [-0.3, -0.25) is 0 Å². The minimum atomic E-state index is -0.959. The molecule has 1 amide bonds. The summed E-state index contributed by atoms with van der Waals surface area (Å²) >= 11 is 0. The molecule has 0 bridgehead atoms. The summed E-state index contributed by atoms with van der Waals surface area (Å²) in [5.74, 6) is -0.952. The second kappa shape index (κ2) is 9.01. The number of aromatic nitrogens is 2. The van der Waals surface area contributed by atoms with Crippen LogP contribution in [-0.4, -0.2) is 51.8 Å². The highest BCUT2D eigenvalue weighted by Crippen LogP contribution is 2.39. The standard InChI is InChI=1S/C25H25F2N5O3/c1-14(2)32-7-8-35-23-19(26)10-16(11-21(23)32)22-20(27)12-28-24(30-22)29-18-4-3-15-5-6-31(25(33)34)13-17(15)9-18/h3-4,9-12,14H,5-8,13H2,1-2H3,(H,33,34)(H,28,29,30). The van der Waals surface area contributed by atoms with E-state index in [4.69, 9.17) is 4.74 Å². The van der Waals surface area contributed by atoms with Crippen molar-refractivity contribution in [2.24, 2.45) is 0 Å². The molecule has 0 fully saturated rings. The lowest BCUT2D eigenvalue weighted by Crippen LogP contribution is -2.38. The van der Waals surface area contributed by atoms with Gasteiger partial charge in [0.2, 0.25) is 5.95 Å². The Morgan fingerprint density at radius 2 is 1.97 bits per heavy atom. The number of nitrogens with zero attached hydrogens (tertiary/aromatic N) is 4. The van der Waals surface area contributed by atoms with Crippen LogP contribution in [0.3, 0.4) is 0 Å². The third kappa shape index (κ3) is 4.43. The van der Waals surface area contributed by atoms with E-state index < -0.39 is 17.7 Å². The van der Waals surface area contributed by atoms with Gasteiger partial charge < -0.3 is 25.0 Å². The summed E-state index contributed by atoms with van der Waals surface area (Å²) in [6, 6.07) is 8.64. The molecule has 3 aromatic rings. The molecule has 0 unspecified atom stereocenters. The van der Waals surface area contributed by atoms with Crippen LogP contribution in [-0.2, 0) is 13.0 Å². The van der Waals surface area contributed by atoms with Gasteiger partial charge in [-0.05, 0) is 55.7 Å². The Balaban J connectivity index is 1.46. The number of benzene rings is 2. The van der Waals surface area contributed by atoms with Crippen LogP contribution in [0, 0.1) is 11.6 Å². The van der Waals surface area contributed by atoms with Crippen molar-refractivity contribution in [1.29, 1.82) is 0 Å². The molecule has 2 aromatic carbocycles. The van der Waals surface area contributed by atoms with Gasteiger partial charge in [-0.1, -0.05) is 6.07 Å². The highest BCUT2D eigenvalue weighted by molar-refractivity contribution is 5.73. The van der Waals surface area contributed by atoms with E-state index in [1.807, 2.05) is 36.9 Å². The Hall–Kier alpha value is -3.95. The average molecular weight is 482 g/mol. The van der Waals surface area contributed by atoms with E-state index in [1.165, 1.54) is 11.0 Å². The minimum absolute atomic E-state index is 0.0338. The molecule has 182 valence electrons. The topological polar surface area (TPSA) is 90.8 Å². The number of ether oxygens (including phenoxy) is 1. The fraction of sp³-hybridized carbons (Fsp3) is 0.320. The highest BCUT2D eigenvalue weighted by Gasteiger charge is 2.26. The lowest BCUT2D eigenvalue weighted by molar-refractivity contribution is 0.140. The maximum atomic E-state index is 14.9. The van der Waals surface area contributed by atoms with Crippen LogP contribution in [0.15, 0.2) is 36.5 Å². The molecule has 0 aliphatic carbocycles. The lowest BCUT2D eigenvalue weighted by Gasteiger charge is -2.34. The first-order valence-electron chi connectivity index (χ1n) is 11.4. The van der Waals surface area contributed by atoms with E-state index >= 15 is 0 Å². The zero-order valence-electron chi connectivity index (χ0n) is 19.4. The van der Waals surface area contributed by atoms with E-state index in [9.17, 15) is 18.7 Å². The van der Waals surface area contributed by atoms with Crippen LogP contribution < -0.4 is 15.0 Å². The molecule has 8 nitrogen and oxygen atoms in total. The molecule has 0 saturated heterocycles. The largest absolute Gasteiger partial charge is 0.486 e. The molecule has 3 heterocycles. The number of hydrogen-bond donors (Lipinski definition) is 2. The number of carboxylic acid groups (broad SMARTS) is 1. The van der Waals surface area contributed by atoms with Crippen LogP contribution in [0.25, 0.3) is 11.3 Å². The van der Waals surface area contributed by atoms with Crippen LogP contribution in [0.1, 0.15) is 25.0 Å². The Kier molecular flexibility index (Phi) is 5.88. The maximum Gasteiger partial charge on any atom is 0.407 e. The number of anilines is 3. The quantitative estimate of drug-likeness (QED) is 0.553. The number of rotatable bonds is 4.